The van der Waals surface area contributed by atoms with Crippen molar-refractivity contribution in [3.63, 3.8) is 0 Å². The second-order valence-corrected chi connectivity index (χ2v) is 5.92. The average molecular weight is 277 g/mol. The summed E-state index contributed by atoms with van der Waals surface area (Å²) < 4.78 is 5.95. The Bertz CT molecular complexity index is 737. The van der Waals surface area contributed by atoms with Crippen LogP contribution in [-0.2, 0) is 0 Å². The highest BCUT2D eigenvalue weighted by Crippen LogP contribution is 2.40. The molecule has 1 aromatic heterocycles. The Hall–Kier alpha value is -2.06. The first-order valence-electron chi connectivity index (χ1n) is 7.66. The minimum atomic E-state index is -0.186. The molecule has 2 aromatic carbocycles. The van der Waals surface area contributed by atoms with Gasteiger partial charge in [-0.1, -0.05) is 48.9 Å². The fraction of sp³-hybridized carbons (Fsp3) is 0.263. The predicted octanol–water partition coefficient (Wildman–Crippen LogP) is 4.75. The number of fused-ring (bicyclic) bond motifs is 1. The first-order chi connectivity index (χ1) is 10.3. The highest BCUT2D eigenvalue weighted by molar-refractivity contribution is 5.78. The minimum absolute atomic E-state index is 0.186. The Morgan fingerprint density at radius 1 is 1.00 bits per heavy atom. The van der Waals surface area contributed by atoms with Crippen molar-refractivity contribution in [2.24, 2.45) is 5.73 Å². The zero-order valence-corrected chi connectivity index (χ0v) is 12.0. The van der Waals surface area contributed by atoms with Crippen molar-refractivity contribution >= 4 is 11.0 Å². The van der Waals surface area contributed by atoms with Gasteiger partial charge in [-0.2, -0.15) is 0 Å². The molecule has 0 bridgehead atoms. The van der Waals surface area contributed by atoms with Crippen LogP contribution in [0.4, 0.5) is 0 Å². The van der Waals surface area contributed by atoms with E-state index in [0.717, 1.165) is 16.7 Å². The van der Waals surface area contributed by atoms with Gasteiger partial charge in [-0.15, -0.1) is 0 Å². The number of benzene rings is 2. The molecule has 1 unspecified atom stereocenters. The van der Waals surface area contributed by atoms with E-state index in [1.807, 2.05) is 18.2 Å². The first kappa shape index (κ1) is 12.7. The number of hydrogen-bond acceptors (Lipinski definition) is 2. The van der Waals surface area contributed by atoms with E-state index in [4.69, 9.17) is 10.2 Å². The molecule has 0 saturated heterocycles. The van der Waals surface area contributed by atoms with Crippen LogP contribution in [0.5, 0.6) is 0 Å². The number of furan rings is 1. The summed E-state index contributed by atoms with van der Waals surface area (Å²) >= 11 is 0. The van der Waals surface area contributed by atoms with Gasteiger partial charge in [0.05, 0.1) is 6.04 Å². The van der Waals surface area contributed by atoms with Crippen molar-refractivity contribution in [3.8, 4) is 0 Å². The van der Waals surface area contributed by atoms with Crippen molar-refractivity contribution < 1.29 is 4.42 Å². The fourth-order valence-electron chi connectivity index (χ4n) is 3.19. The van der Waals surface area contributed by atoms with Gasteiger partial charge in [0, 0.05) is 5.39 Å². The largest absolute Gasteiger partial charge is 0.459 e. The normalized spacial score (nSPS) is 16.8. The van der Waals surface area contributed by atoms with Crippen LogP contribution >= 0.6 is 0 Å². The topological polar surface area (TPSA) is 39.2 Å². The van der Waals surface area contributed by atoms with Gasteiger partial charge in [0.2, 0.25) is 0 Å². The molecule has 2 heteroatoms. The summed E-state index contributed by atoms with van der Waals surface area (Å²) in [5.74, 6) is 1.53. The van der Waals surface area contributed by atoms with E-state index >= 15 is 0 Å². The lowest BCUT2D eigenvalue weighted by Gasteiger charge is -2.29. The summed E-state index contributed by atoms with van der Waals surface area (Å²) in [4.78, 5) is 0. The third-order valence-corrected chi connectivity index (χ3v) is 4.63. The summed E-state index contributed by atoms with van der Waals surface area (Å²) in [7, 11) is 0. The van der Waals surface area contributed by atoms with Gasteiger partial charge in [0.15, 0.2) is 0 Å². The summed E-state index contributed by atoms with van der Waals surface area (Å²) in [6.07, 6.45) is 3.90. The maximum Gasteiger partial charge on any atom is 0.134 e. The van der Waals surface area contributed by atoms with Crippen LogP contribution in [0.3, 0.4) is 0 Å². The van der Waals surface area contributed by atoms with Crippen LogP contribution in [0.1, 0.15) is 48.1 Å². The molecule has 106 valence electrons. The second kappa shape index (κ2) is 5.05. The SMILES string of the molecule is NC(c1cc2ccccc2o1)c1ccccc1C1CCC1. The average Bonchev–Trinajstić information content (AvgIpc) is 2.89. The molecule has 4 rings (SSSR count). The van der Waals surface area contributed by atoms with Crippen molar-refractivity contribution in [2.45, 2.75) is 31.2 Å². The van der Waals surface area contributed by atoms with Crippen LogP contribution in [0.25, 0.3) is 11.0 Å². The van der Waals surface area contributed by atoms with Gasteiger partial charge in [-0.05, 0) is 42.0 Å². The van der Waals surface area contributed by atoms with Gasteiger partial charge in [0.1, 0.15) is 11.3 Å². The number of rotatable bonds is 3. The maximum absolute atomic E-state index is 6.50. The zero-order valence-electron chi connectivity index (χ0n) is 12.0. The van der Waals surface area contributed by atoms with E-state index in [0.29, 0.717) is 5.92 Å². The summed E-state index contributed by atoms with van der Waals surface area (Å²) in [5.41, 5.74) is 10.0. The van der Waals surface area contributed by atoms with Crippen molar-refractivity contribution in [1.29, 1.82) is 0 Å². The van der Waals surface area contributed by atoms with Crippen LogP contribution in [0, 0.1) is 0 Å². The van der Waals surface area contributed by atoms with Gasteiger partial charge in [-0.25, -0.2) is 0 Å². The molecule has 2 nitrogen and oxygen atoms in total. The molecule has 0 amide bonds. The molecular formula is C19H19NO. The molecule has 0 aliphatic heterocycles. The molecule has 1 atom stereocenters. The molecule has 0 radical (unpaired) electrons. The molecule has 1 aliphatic carbocycles. The minimum Gasteiger partial charge on any atom is -0.459 e. The van der Waals surface area contributed by atoms with E-state index in [2.05, 4.69) is 36.4 Å². The Labute approximate surface area is 124 Å². The van der Waals surface area contributed by atoms with Crippen molar-refractivity contribution in [1.82, 2.24) is 0 Å². The number of para-hydroxylation sites is 1. The summed E-state index contributed by atoms with van der Waals surface area (Å²) in [5, 5.41) is 1.11. The zero-order chi connectivity index (χ0) is 14.2. The number of hydrogen-bond donors (Lipinski definition) is 1. The summed E-state index contributed by atoms with van der Waals surface area (Å²) in [6.45, 7) is 0. The fourth-order valence-corrected chi connectivity index (χ4v) is 3.19. The van der Waals surface area contributed by atoms with E-state index in [9.17, 15) is 0 Å². The Kier molecular flexibility index (Phi) is 3.04. The van der Waals surface area contributed by atoms with Crippen molar-refractivity contribution in [2.75, 3.05) is 0 Å². The molecule has 1 fully saturated rings. The highest BCUT2D eigenvalue weighted by atomic mass is 16.3. The Morgan fingerprint density at radius 2 is 1.76 bits per heavy atom. The monoisotopic (exact) mass is 277 g/mol. The van der Waals surface area contributed by atoms with Gasteiger partial charge in [-0.3, -0.25) is 0 Å². The molecular weight excluding hydrogens is 258 g/mol. The summed E-state index contributed by atoms with van der Waals surface area (Å²) in [6, 6.07) is 18.5. The second-order valence-electron chi connectivity index (χ2n) is 5.92. The standard InChI is InChI=1S/C19H19NO/c20-19(18-12-14-6-1-4-11-17(14)21-18)16-10-3-2-9-15(16)13-7-5-8-13/h1-4,6,9-13,19H,5,7-8,20H2. The lowest BCUT2D eigenvalue weighted by Crippen LogP contribution is -2.17. The highest BCUT2D eigenvalue weighted by Gasteiger charge is 2.25. The van der Waals surface area contributed by atoms with Crippen LogP contribution in [-0.4, -0.2) is 0 Å². The van der Waals surface area contributed by atoms with E-state index in [1.54, 1.807) is 0 Å². The molecule has 3 aromatic rings. The molecule has 21 heavy (non-hydrogen) atoms. The molecule has 1 saturated carbocycles. The Morgan fingerprint density at radius 3 is 2.52 bits per heavy atom. The smallest absolute Gasteiger partial charge is 0.134 e. The van der Waals surface area contributed by atoms with Crippen LogP contribution in [0.15, 0.2) is 59.0 Å². The molecule has 0 spiro atoms. The van der Waals surface area contributed by atoms with Gasteiger partial charge in [0.25, 0.3) is 0 Å². The third kappa shape index (κ3) is 2.16. The molecule has 1 heterocycles. The molecule has 2 N–H and O–H groups in total. The van der Waals surface area contributed by atoms with E-state index in [-0.39, 0.29) is 6.04 Å². The van der Waals surface area contributed by atoms with Crippen LogP contribution in [0.2, 0.25) is 0 Å². The van der Waals surface area contributed by atoms with Crippen LogP contribution < -0.4 is 5.73 Å². The van der Waals surface area contributed by atoms with Gasteiger partial charge < -0.3 is 10.2 Å². The predicted molar refractivity (Wildman–Crippen MR) is 85.3 cm³/mol. The van der Waals surface area contributed by atoms with E-state index in [1.165, 1.54) is 30.4 Å². The quantitative estimate of drug-likeness (QED) is 0.750. The maximum atomic E-state index is 6.50. The van der Waals surface area contributed by atoms with Gasteiger partial charge >= 0.3 is 0 Å². The lowest BCUT2D eigenvalue weighted by atomic mass is 9.77. The number of nitrogens with two attached hydrogens (primary N) is 1. The lowest BCUT2D eigenvalue weighted by molar-refractivity contribution is 0.414. The van der Waals surface area contributed by atoms with E-state index < -0.39 is 0 Å². The first-order valence-corrected chi connectivity index (χ1v) is 7.66. The van der Waals surface area contributed by atoms with Crippen molar-refractivity contribution in [3.05, 3.63) is 71.5 Å². The Balaban J connectivity index is 1.75. The molecule has 1 aliphatic rings. The third-order valence-electron chi connectivity index (χ3n) is 4.63.